The maximum Gasteiger partial charge on any atom is 0.138 e. The minimum atomic E-state index is 0.823. The van der Waals surface area contributed by atoms with E-state index in [0.717, 1.165) is 27.2 Å². The van der Waals surface area contributed by atoms with Gasteiger partial charge in [-0.3, -0.25) is 0 Å². The van der Waals surface area contributed by atoms with Gasteiger partial charge in [0.1, 0.15) is 5.84 Å². The van der Waals surface area contributed by atoms with E-state index in [2.05, 4.69) is 83.6 Å². The largest absolute Gasteiger partial charge is 0.340 e. The summed E-state index contributed by atoms with van der Waals surface area (Å²) in [6.45, 7) is 4.15. The molecule has 3 rings (SSSR count). The molecular weight excluding hydrogens is 360 g/mol. The third-order valence-corrected chi connectivity index (χ3v) is 4.33. The molecular formula is C21H19BrN2. The Hall–Kier alpha value is -2.39. The van der Waals surface area contributed by atoms with Crippen LogP contribution in [0.1, 0.15) is 16.7 Å². The molecule has 3 aromatic carbocycles. The maximum atomic E-state index is 4.85. The Kier molecular flexibility index (Phi) is 5.11. The topological polar surface area (TPSA) is 24.4 Å². The van der Waals surface area contributed by atoms with Gasteiger partial charge in [-0.25, -0.2) is 4.99 Å². The van der Waals surface area contributed by atoms with Gasteiger partial charge in [0.25, 0.3) is 0 Å². The lowest BCUT2D eigenvalue weighted by molar-refractivity contribution is 1.39. The van der Waals surface area contributed by atoms with Gasteiger partial charge in [0.2, 0.25) is 0 Å². The standard InChI is InChI=1S/C21H19BrN2/c1-15-8-11-18(12-9-15)23-21(17-6-4-3-5-7-17)24-20-13-10-16(2)14-19(20)22/h3-14H,1-2H3,(H,23,24). The molecule has 0 bridgehead atoms. The number of rotatable bonds is 3. The van der Waals surface area contributed by atoms with Crippen LogP contribution < -0.4 is 5.32 Å². The Morgan fingerprint density at radius 2 is 1.50 bits per heavy atom. The predicted molar refractivity (Wildman–Crippen MR) is 106 cm³/mol. The SMILES string of the molecule is Cc1ccc(NC(=Nc2ccc(C)cc2Br)c2ccccc2)cc1. The molecule has 0 unspecified atom stereocenters. The molecule has 0 atom stereocenters. The van der Waals surface area contributed by atoms with Crippen molar-refractivity contribution in [2.75, 3.05) is 5.32 Å². The minimum Gasteiger partial charge on any atom is -0.340 e. The lowest BCUT2D eigenvalue weighted by atomic mass is 10.1. The Balaban J connectivity index is 2.01. The second kappa shape index (κ2) is 7.45. The van der Waals surface area contributed by atoms with Crippen molar-refractivity contribution < 1.29 is 0 Å². The second-order valence-corrected chi connectivity index (χ2v) is 6.63. The van der Waals surface area contributed by atoms with Crippen LogP contribution in [0, 0.1) is 13.8 Å². The predicted octanol–water partition coefficient (Wildman–Crippen LogP) is 6.26. The third-order valence-electron chi connectivity index (χ3n) is 3.70. The number of amidine groups is 1. The highest BCUT2D eigenvalue weighted by Crippen LogP contribution is 2.27. The van der Waals surface area contributed by atoms with Gasteiger partial charge in [-0.05, 0) is 59.6 Å². The second-order valence-electron chi connectivity index (χ2n) is 5.77. The molecule has 3 aromatic rings. The monoisotopic (exact) mass is 378 g/mol. The molecule has 0 aliphatic carbocycles. The first kappa shape index (κ1) is 16.5. The Morgan fingerprint density at radius 1 is 0.833 bits per heavy atom. The fourth-order valence-electron chi connectivity index (χ4n) is 2.36. The fourth-order valence-corrected chi connectivity index (χ4v) is 2.94. The zero-order valence-electron chi connectivity index (χ0n) is 13.8. The molecule has 120 valence electrons. The highest BCUT2D eigenvalue weighted by atomic mass is 79.9. The van der Waals surface area contributed by atoms with Gasteiger partial charge in [-0.15, -0.1) is 0 Å². The van der Waals surface area contributed by atoms with Crippen molar-refractivity contribution in [3.05, 3.63) is 94.0 Å². The summed E-state index contributed by atoms with van der Waals surface area (Å²) in [5, 5.41) is 3.44. The Labute approximate surface area is 151 Å². The lowest BCUT2D eigenvalue weighted by Gasteiger charge is -2.12. The molecule has 1 N–H and O–H groups in total. The van der Waals surface area contributed by atoms with Gasteiger partial charge in [0, 0.05) is 15.7 Å². The fraction of sp³-hybridized carbons (Fsp3) is 0.0952. The number of aliphatic imine (C=N–C) groups is 1. The van der Waals surface area contributed by atoms with Crippen LogP contribution in [0.25, 0.3) is 0 Å². The number of benzene rings is 3. The summed E-state index contributed by atoms with van der Waals surface area (Å²) in [6, 6.07) is 24.6. The van der Waals surface area contributed by atoms with E-state index in [1.807, 2.05) is 24.3 Å². The summed E-state index contributed by atoms with van der Waals surface area (Å²) < 4.78 is 0.988. The van der Waals surface area contributed by atoms with Gasteiger partial charge < -0.3 is 5.32 Å². The van der Waals surface area contributed by atoms with Crippen molar-refractivity contribution in [3.8, 4) is 0 Å². The molecule has 3 heteroatoms. The van der Waals surface area contributed by atoms with Crippen LogP contribution >= 0.6 is 15.9 Å². The maximum absolute atomic E-state index is 4.85. The first-order valence-electron chi connectivity index (χ1n) is 7.86. The van der Waals surface area contributed by atoms with Crippen LogP contribution in [0.5, 0.6) is 0 Å². The molecule has 0 fully saturated rings. The van der Waals surface area contributed by atoms with Crippen molar-refractivity contribution in [3.63, 3.8) is 0 Å². The van der Waals surface area contributed by atoms with E-state index < -0.39 is 0 Å². The van der Waals surface area contributed by atoms with E-state index in [9.17, 15) is 0 Å². The smallest absolute Gasteiger partial charge is 0.138 e. The zero-order valence-corrected chi connectivity index (χ0v) is 15.3. The Bertz CT molecular complexity index is 853. The molecule has 24 heavy (non-hydrogen) atoms. The van der Waals surface area contributed by atoms with E-state index in [0.29, 0.717) is 0 Å². The van der Waals surface area contributed by atoms with Crippen LogP contribution in [0.2, 0.25) is 0 Å². The van der Waals surface area contributed by atoms with Crippen LogP contribution in [-0.2, 0) is 0 Å². The van der Waals surface area contributed by atoms with Crippen molar-refractivity contribution in [1.82, 2.24) is 0 Å². The number of nitrogens with one attached hydrogen (secondary N) is 1. The van der Waals surface area contributed by atoms with Crippen molar-refractivity contribution in [2.45, 2.75) is 13.8 Å². The quantitative estimate of drug-likeness (QED) is 0.422. The number of anilines is 1. The third kappa shape index (κ3) is 4.12. The van der Waals surface area contributed by atoms with Gasteiger partial charge in [0.15, 0.2) is 0 Å². The summed E-state index contributed by atoms with van der Waals surface area (Å²) >= 11 is 3.61. The summed E-state index contributed by atoms with van der Waals surface area (Å²) in [7, 11) is 0. The normalized spacial score (nSPS) is 11.4. The highest BCUT2D eigenvalue weighted by molar-refractivity contribution is 9.10. The van der Waals surface area contributed by atoms with E-state index >= 15 is 0 Å². The average molecular weight is 379 g/mol. The zero-order chi connectivity index (χ0) is 16.9. The molecule has 0 aromatic heterocycles. The summed E-state index contributed by atoms with van der Waals surface area (Å²) in [5.74, 6) is 0.823. The summed E-state index contributed by atoms with van der Waals surface area (Å²) in [6.07, 6.45) is 0. The summed E-state index contributed by atoms with van der Waals surface area (Å²) in [5.41, 5.74) is 5.41. The molecule has 0 radical (unpaired) electrons. The van der Waals surface area contributed by atoms with Crippen molar-refractivity contribution in [1.29, 1.82) is 0 Å². The average Bonchev–Trinajstić information content (AvgIpc) is 2.59. The number of hydrogen-bond donors (Lipinski definition) is 1. The minimum absolute atomic E-state index is 0.823. The van der Waals surface area contributed by atoms with Gasteiger partial charge in [-0.1, -0.05) is 54.1 Å². The molecule has 0 saturated carbocycles. The van der Waals surface area contributed by atoms with E-state index in [4.69, 9.17) is 4.99 Å². The molecule has 0 saturated heterocycles. The van der Waals surface area contributed by atoms with Crippen LogP contribution in [0.15, 0.2) is 82.3 Å². The number of nitrogens with zero attached hydrogens (tertiary/aromatic N) is 1. The van der Waals surface area contributed by atoms with Crippen LogP contribution in [0.3, 0.4) is 0 Å². The molecule has 0 aliphatic heterocycles. The molecule has 0 aliphatic rings. The van der Waals surface area contributed by atoms with Crippen molar-refractivity contribution in [2.24, 2.45) is 4.99 Å². The van der Waals surface area contributed by atoms with E-state index in [1.165, 1.54) is 11.1 Å². The number of aryl methyl sites for hydroxylation is 2. The first-order chi connectivity index (χ1) is 11.6. The molecule has 0 heterocycles. The van der Waals surface area contributed by atoms with Gasteiger partial charge >= 0.3 is 0 Å². The Morgan fingerprint density at radius 3 is 2.17 bits per heavy atom. The van der Waals surface area contributed by atoms with Gasteiger partial charge in [0.05, 0.1) is 5.69 Å². The molecule has 0 spiro atoms. The van der Waals surface area contributed by atoms with Crippen LogP contribution in [-0.4, -0.2) is 5.84 Å². The summed E-state index contributed by atoms with van der Waals surface area (Å²) in [4.78, 5) is 4.85. The highest BCUT2D eigenvalue weighted by Gasteiger charge is 2.06. The van der Waals surface area contributed by atoms with Gasteiger partial charge in [-0.2, -0.15) is 0 Å². The van der Waals surface area contributed by atoms with E-state index in [-0.39, 0.29) is 0 Å². The lowest BCUT2D eigenvalue weighted by Crippen LogP contribution is -2.13. The molecule has 2 nitrogen and oxygen atoms in total. The van der Waals surface area contributed by atoms with Crippen LogP contribution in [0.4, 0.5) is 11.4 Å². The molecule has 0 amide bonds. The van der Waals surface area contributed by atoms with E-state index in [1.54, 1.807) is 0 Å². The van der Waals surface area contributed by atoms with Crippen molar-refractivity contribution >= 4 is 33.1 Å². The number of hydrogen-bond acceptors (Lipinski definition) is 1. The first-order valence-corrected chi connectivity index (χ1v) is 8.65. The number of halogens is 1.